The van der Waals surface area contributed by atoms with Crippen LogP contribution in [0.1, 0.15) is 24.1 Å². The third kappa shape index (κ3) is 5.06. The second-order valence-electron chi connectivity index (χ2n) is 5.77. The van der Waals surface area contributed by atoms with Gasteiger partial charge in [0.25, 0.3) is 0 Å². The van der Waals surface area contributed by atoms with Crippen LogP contribution < -0.4 is 10.1 Å². The molecule has 0 saturated carbocycles. The maximum atomic E-state index is 13.0. The van der Waals surface area contributed by atoms with Crippen LogP contribution in [0.25, 0.3) is 0 Å². The number of likely N-dealkylation sites (N-methyl/N-ethyl adjacent to an activating group) is 1. The molecule has 0 aliphatic carbocycles. The Bertz CT molecular complexity index is 656. The van der Waals surface area contributed by atoms with E-state index in [9.17, 15) is 9.18 Å². The summed E-state index contributed by atoms with van der Waals surface area (Å²) in [4.78, 5) is 14.0. The van der Waals surface area contributed by atoms with Gasteiger partial charge in [-0.1, -0.05) is 24.3 Å². The molecule has 4 nitrogen and oxygen atoms in total. The van der Waals surface area contributed by atoms with Crippen LogP contribution in [-0.4, -0.2) is 31.5 Å². The van der Waals surface area contributed by atoms with Crippen molar-refractivity contribution < 1.29 is 13.9 Å². The fourth-order valence-electron chi connectivity index (χ4n) is 2.36. The molecule has 0 saturated heterocycles. The average molecular weight is 330 g/mol. The molecule has 2 aromatic rings. The van der Waals surface area contributed by atoms with Gasteiger partial charge < -0.3 is 10.1 Å². The molecule has 5 heteroatoms. The van der Waals surface area contributed by atoms with Crippen molar-refractivity contribution in [2.24, 2.45) is 0 Å². The van der Waals surface area contributed by atoms with Gasteiger partial charge in [0, 0.05) is 12.6 Å². The highest BCUT2D eigenvalue weighted by Gasteiger charge is 2.14. The number of methoxy groups -OCH3 is 1. The first-order chi connectivity index (χ1) is 11.5. The summed E-state index contributed by atoms with van der Waals surface area (Å²) in [5.74, 6) is 0.478. The SMILES string of the molecule is COc1ccc(CNC(=O)CN(C)C(C)c2ccc(F)cc2)cc1. The van der Waals surface area contributed by atoms with E-state index in [0.717, 1.165) is 16.9 Å². The second-order valence-corrected chi connectivity index (χ2v) is 5.77. The van der Waals surface area contributed by atoms with E-state index in [4.69, 9.17) is 4.74 Å². The van der Waals surface area contributed by atoms with Gasteiger partial charge in [-0.2, -0.15) is 0 Å². The average Bonchev–Trinajstić information content (AvgIpc) is 2.60. The van der Waals surface area contributed by atoms with Crippen LogP contribution in [0, 0.1) is 5.82 Å². The number of ether oxygens (including phenoxy) is 1. The van der Waals surface area contributed by atoms with E-state index in [1.54, 1.807) is 19.2 Å². The van der Waals surface area contributed by atoms with Crippen molar-refractivity contribution in [1.82, 2.24) is 10.2 Å². The topological polar surface area (TPSA) is 41.6 Å². The zero-order chi connectivity index (χ0) is 17.5. The molecule has 1 amide bonds. The molecular formula is C19H23FN2O2. The minimum absolute atomic E-state index is 0.0253. The van der Waals surface area contributed by atoms with Gasteiger partial charge in [0.05, 0.1) is 13.7 Å². The predicted molar refractivity (Wildman–Crippen MR) is 92.3 cm³/mol. The largest absolute Gasteiger partial charge is 0.497 e. The van der Waals surface area contributed by atoms with Gasteiger partial charge in [-0.25, -0.2) is 4.39 Å². The Hall–Kier alpha value is -2.40. The number of carbonyl (C=O) groups excluding carboxylic acids is 1. The highest BCUT2D eigenvalue weighted by molar-refractivity contribution is 5.78. The summed E-state index contributed by atoms with van der Waals surface area (Å²) in [5.41, 5.74) is 1.99. The maximum Gasteiger partial charge on any atom is 0.234 e. The lowest BCUT2D eigenvalue weighted by molar-refractivity contribution is -0.122. The summed E-state index contributed by atoms with van der Waals surface area (Å²) >= 11 is 0. The van der Waals surface area contributed by atoms with E-state index in [1.807, 2.05) is 43.1 Å². The summed E-state index contributed by atoms with van der Waals surface area (Å²) in [7, 11) is 3.50. The molecule has 24 heavy (non-hydrogen) atoms. The lowest BCUT2D eigenvalue weighted by Crippen LogP contribution is -2.36. The van der Waals surface area contributed by atoms with E-state index in [2.05, 4.69) is 5.32 Å². The summed E-state index contributed by atoms with van der Waals surface area (Å²) in [6.07, 6.45) is 0. The van der Waals surface area contributed by atoms with Crippen molar-refractivity contribution in [2.75, 3.05) is 20.7 Å². The van der Waals surface area contributed by atoms with Crippen LogP contribution in [0.15, 0.2) is 48.5 Å². The van der Waals surface area contributed by atoms with E-state index >= 15 is 0 Å². The van der Waals surface area contributed by atoms with Gasteiger partial charge in [-0.05, 0) is 49.4 Å². The number of halogens is 1. The fraction of sp³-hybridized carbons (Fsp3) is 0.316. The molecule has 128 valence electrons. The van der Waals surface area contributed by atoms with Crippen LogP contribution >= 0.6 is 0 Å². The Morgan fingerprint density at radius 2 is 1.79 bits per heavy atom. The van der Waals surface area contributed by atoms with Crippen molar-refractivity contribution in [3.63, 3.8) is 0 Å². The standard InChI is InChI=1S/C19H23FN2O2/c1-14(16-6-8-17(20)9-7-16)22(2)13-19(23)21-12-15-4-10-18(24-3)11-5-15/h4-11,14H,12-13H2,1-3H3,(H,21,23). The Labute approximate surface area is 142 Å². The van der Waals surface area contributed by atoms with Gasteiger partial charge >= 0.3 is 0 Å². The van der Waals surface area contributed by atoms with Crippen LogP contribution in [-0.2, 0) is 11.3 Å². The van der Waals surface area contributed by atoms with E-state index in [0.29, 0.717) is 6.54 Å². The summed E-state index contributed by atoms with van der Waals surface area (Å²) < 4.78 is 18.1. The fourth-order valence-corrected chi connectivity index (χ4v) is 2.36. The Kier molecular flexibility index (Phi) is 6.32. The molecule has 0 aromatic heterocycles. The number of benzene rings is 2. The minimum atomic E-state index is -0.258. The first kappa shape index (κ1) is 17.9. The smallest absolute Gasteiger partial charge is 0.234 e. The van der Waals surface area contributed by atoms with Crippen LogP contribution in [0.3, 0.4) is 0 Å². The third-order valence-electron chi connectivity index (χ3n) is 4.06. The van der Waals surface area contributed by atoms with Crippen LogP contribution in [0.4, 0.5) is 4.39 Å². The predicted octanol–water partition coefficient (Wildman–Crippen LogP) is 3.14. The van der Waals surface area contributed by atoms with E-state index < -0.39 is 0 Å². The van der Waals surface area contributed by atoms with Crippen molar-refractivity contribution in [3.05, 3.63) is 65.5 Å². The Balaban J connectivity index is 1.83. The zero-order valence-electron chi connectivity index (χ0n) is 14.3. The summed E-state index contributed by atoms with van der Waals surface area (Å²) in [5, 5.41) is 2.90. The molecule has 1 N–H and O–H groups in total. The molecule has 0 bridgehead atoms. The van der Waals surface area contributed by atoms with Gasteiger partial charge in [-0.3, -0.25) is 9.69 Å². The lowest BCUT2D eigenvalue weighted by atomic mass is 10.1. The molecule has 0 aliphatic heterocycles. The second kappa shape index (κ2) is 8.45. The Morgan fingerprint density at radius 1 is 1.17 bits per heavy atom. The summed E-state index contributed by atoms with van der Waals surface area (Å²) in [6, 6.07) is 13.9. The number of carbonyl (C=O) groups is 1. The van der Waals surface area contributed by atoms with Crippen LogP contribution in [0.2, 0.25) is 0 Å². The number of hydrogen-bond donors (Lipinski definition) is 1. The molecule has 0 aliphatic rings. The lowest BCUT2D eigenvalue weighted by Gasteiger charge is -2.24. The summed E-state index contributed by atoms with van der Waals surface area (Å²) in [6.45, 7) is 2.74. The number of rotatable bonds is 7. The molecule has 0 heterocycles. The maximum absolute atomic E-state index is 13.0. The number of nitrogens with zero attached hydrogens (tertiary/aromatic N) is 1. The quantitative estimate of drug-likeness (QED) is 0.848. The highest BCUT2D eigenvalue weighted by Crippen LogP contribution is 2.18. The number of amides is 1. The molecule has 2 rings (SSSR count). The van der Waals surface area contributed by atoms with E-state index in [-0.39, 0.29) is 24.3 Å². The van der Waals surface area contributed by atoms with Crippen molar-refractivity contribution >= 4 is 5.91 Å². The minimum Gasteiger partial charge on any atom is -0.497 e. The van der Waals surface area contributed by atoms with Gasteiger partial charge in [0.1, 0.15) is 11.6 Å². The first-order valence-electron chi connectivity index (χ1n) is 7.85. The molecule has 2 aromatic carbocycles. The third-order valence-corrected chi connectivity index (χ3v) is 4.06. The molecule has 0 radical (unpaired) electrons. The molecular weight excluding hydrogens is 307 g/mol. The number of nitrogens with one attached hydrogen (secondary N) is 1. The Morgan fingerprint density at radius 3 is 2.38 bits per heavy atom. The first-order valence-corrected chi connectivity index (χ1v) is 7.85. The molecule has 0 fully saturated rings. The normalized spacial score (nSPS) is 12.0. The van der Waals surface area contributed by atoms with Crippen molar-refractivity contribution in [1.29, 1.82) is 0 Å². The molecule has 1 unspecified atom stereocenters. The van der Waals surface area contributed by atoms with E-state index in [1.165, 1.54) is 12.1 Å². The van der Waals surface area contributed by atoms with Gasteiger partial charge in [0.15, 0.2) is 0 Å². The van der Waals surface area contributed by atoms with Crippen molar-refractivity contribution in [3.8, 4) is 5.75 Å². The molecule has 1 atom stereocenters. The van der Waals surface area contributed by atoms with Crippen LogP contribution in [0.5, 0.6) is 5.75 Å². The van der Waals surface area contributed by atoms with Crippen molar-refractivity contribution in [2.45, 2.75) is 19.5 Å². The zero-order valence-corrected chi connectivity index (χ0v) is 14.3. The molecule has 0 spiro atoms. The number of hydrogen-bond acceptors (Lipinski definition) is 3. The van der Waals surface area contributed by atoms with Gasteiger partial charge in [-0.15, -0.1) is 0 Å². The van der Waals surface area contributed by atoms with Gasteiger partial charge in [0.2, 0.25) is 5.91 Å². The monoisotopic (exact) mass is 330 g/mol. The highest BCUT2D eigenvalue weighted by atomic mass is 19.1.